The number of carbonyl (C=O) groups is 1. The fourth-order valence-corrected chi connectivity index (χ4v) is 4.38. The van der Waals surface area contributed by atoms with Gasteiger partial charge in [0.1, 0.15) is 11.5 Å². The van der Waals surface area contributed by atoms with Crippen molar-refractivity contribution in [3.05, 3.63) is 57.4 Å². The second-order valence-corrected chi connectivity index (χ2v) is 8.07. The number of para-hydroxylation sites is 1. The first-order valence-corrected chi connectivity index (χ1v) is 10.5. The molecule has 2 aromatic rings. The number of thiocarbonyl (C=S) groups is 1. The molecule has 0 aliphatic carbocycles. The smallest absolute Gasteiger partial charge is 0.270 e. The van der Waals surface area contributed by atoms with Crippen LogP contribution < -0.4 is 14.4 Å². The first kappa shape index (κ1) is 19.9. The second-order valence-electron chi connectivity index (χ2n) is 5.54. The molecule has 27 heavy (non-hydrogen) atoms. The summed E-state index contributed by atoms with van der Waals surface area (Å²) in [4.78, 5) is 15.0. The zero-order valence-corrected chi connectivity index (χ0v) is 18.1. The average molecular weight is 464 g/mol. The maximum Gasteiger partial charge on any atom is 0.270 e. The fraction of sp³-hybridized carbons (Fsp3) is 0.200. The highest BCUT2D eigenvalue weighted by atomic mass is 79.9. The van der Waals surface area contributed by atoms with Gasteiger partial charge in [-0.05, 0) is 54.1 Å². The Morgan fingerprint density at radius 3 is 2.44 bits per heavy atom. The van der Waals surface area contributed by atoms with Crippen LogP contribution in [0.5, 0.6) is 11.5 Å². The lowest BCUT2D eigenvalue weighted by molar-refractivity contribution is -0.113. The molecule has 140 valence electrons. The standard InChI is InChI=1S/C20H18BrNO3S2/c1-3-24-16-12-17(25-4-2)15(21)10-13(16)11-18-19(23)22(20(26)27-18)14-8-6-5-7-9-14/h5-12H,3-4H2,1-2H3/b18-11+. The summed E-state index contributed by atoms with van der Waals surface area (Å²) in [6, 6.07) is 13.1. The van der Waals surface area contributed by atoms with Crippen LogP contribution in [0.2, 0.25) is 0 Å². The van der Waals surface area contributed by atoms with Crippen LogP contribution in [0.4, 0.5) is 5.69 Å². The Morgan fingerprint density at radius 2 is 1.78 bits per heavy atom. The van der Waals surface area contributed by atoms with Crippen LogP contribution in [0.1, 0.15) is 19.4 Å². The molecule has 7 heteroatoms. The minimum absolute atomic E-state index is 0.136. The van der Waals surface area contributed by atoms with Crippen LogP contribution >= 0.6 is 39.9 Å². The largest absolute Gasteiger partial charge is 0.493 e. The molecule has 0 N–H and O–H groups in total. The van der Waals surface area contributed by atoms with Gasteiger partial charge in [-0.25, -0.2) is 0 Å². The molecule has 0 atom stereocenters. The average Bonchev–Trinajstić information content (AvgIpc) is 2.93. The minimum Gasteiger partial charge on any atom is -0.493 e. The van der Waals surface area contributed by atoms with Crippen LogP contribution in [0, 0.1) is 0 Å². The van der Waals surface area contributed by atoms with E-state index in [-0.39, 0.29) is 5.91 Å². The number of rotatable bonds is 6. The van der Waals surface area contributed by atoms with Crippen LogP contribution in [-0.4, -0.2) is 23.4 Å². The van der Waals surface area contributed by atoms with E-state index in [1.54, 1.807) is 4.90 Å². The third-order valence-corrected chi connectivity index (χ3v) is 5.68. The molecule has 1 aliphatic rings. The lowest BCUT2D eigenvalue weighted by Crippen LogP contribution is -2.27. The fourth-order valence-electron chi connectivity index (χ4n) is 2.62. The maximum absolute atomic E-state index is 12.9. The summed E-state index contributed by atoms with van der Waals surface area (Å²) in [5.74, 6) is 1.23. The normalized spacial score (nSPS) is 15.5. The molecule has 0 bridgehead atoms. The van der Waals surface area contributed by atoms with Crippen molar-refractivity contribution < 1.29 is 14.3 Å². The van der Waals surface area contributed by atoms with Gasteiger partial charge >= 0.3 is 0 Å². The van der Waals surface area contributed by atoms with Crippen LogP contribution in [-0.2, 0) is 4.79 Å². The van der Waals surface area contributed by atoms with Crippen LogP contribution in [0.25, 0.3) is 6.08 Å². The van der Waals surface area contributed by atoms with E-state index in [4.69, 9.17) is 21.7 Å². The van der Waals surface area contributed by atoms with Gasteiger partial charge in [0.15, 0.2) is 4.32 Å². The molecule has 0 unspecified atom stereocenters. The Hall–Kier alpha value is -1.83. The Balaban J connectivity index is 1.98. The molecule has 0 spiro atoms. The number of amides is 1. The Labute approximate surface area is 176 Å². The number of nitrogens with zero attached hydrogens (tertiary/aromatic N) is 1. The van der Waals surface area contributed by atoms with Gasteiger partial charge in [0.25, 0.3) is 5.91 Å². The van der Waals surface area contributed by atoms with E-state index >= 15 is 0 Å². The Kier molecular flexibility index (Phi) is 6.57. The number of benzene rings is 2. The molecular formula is C20H18BrNO3S2. The van der Waals surface area contributed by atoms with Gasteiger partial charge in [-0.3, -0.25) is 9.69 Å². The number of hydrogen-bond donors (Lipinski definition) is 0. The molecule has 0 aromatic heterocycles. The van der Waals surface area contributed by atoms with E-state index in [0.717, 1.165) is 15.7 Å². The van der Waals surface area contributed by atoms with Crippen molar-refractivity contribution >= 4 is 61.9 Å². The summed E-state index contributed by atoms with van der Waals surface area (Å²) in [5, 5.41) is 0. The number of ether oxygens (including phenoxy) is 2. The number of carbonyl (C=O) groups excluding carboxylic acids is 1. The summed E-state index contributed by atoms with van der Waals surface area (Å²) < 4.78 is 12.7. The quantitative estimate of drug-likeness (QED) is 0.408. The Bertz CT molecular complexity index is 900. The maximum atomic E-state index is 12.9. The van der Waals surface area contributed by atoms with E-state index in [0.29, 0.717) is 33.9 Å². The zero-order chi connectivity index (χ0) is 19.4. The van der Waals surface area contributed by atoms with Gasteiger partial charge < -0.3 is 9.47 Å². The number of thioether (sulfide) groups is 1. The van der Waals surface area contributed by atoms with E-state index < -0.39 is 0 Å². The Morgan fingerprint density at radius 1 is 1.11 bits per heavy atom. The molecule has 0 saturated carbocycles. The van der Waals surface area contributed by atoms with Gasteiger partial charge in [0.2, 0.25) is 0 Å². The first-order chi connectivity index (χ1) is 13.0. The van der Waals surface area contributed by atoms with Crippen molar-refractivity contribution in [1.29, 1.82) is 0 Å². The van der Waals surface area contributed by atoms with E-state index in [1.165, 1.54) is 11.8 Å². The zero-order valence-electron chi connectivity index (χ0n) is 14.9. The summed E-state index contributed by atoms with van der Waals surface area (Å²) in [5.41, 5.74) is 1.56. The topological polar surface area (TPSA) is 38.8 Å². The van der Waals surface area contributed by atoms with Crippen LogP contribution in [0.3, 0.4) is 0 Å². The molecule has 1 amide bonds. The predicted molar refractivity (Wildman–Crippen MR) is 119 cm³/mol. The summed E-state index contributed by atoms with van der Waals surface area (Å²) in [7, 11) is 0. The number of halogens is 1. The third kappa shape index (κ3) is 4.36. The molecule has 1 aliphatic heterocycles. The van der Waals surface area contributed by atoms with Gasteiger partial charge in [-0.2, -0.15) is 0 Å². The molecule has 1 saturated heterocycles. The van der Waals surface area contributed by atoms with Gasteiger partial charge in [0, 0.05) is 11.6 Å². The molecule has 1 fully saturated rings. The third-order valence-electron chi connectivity index (χ3n) is 3.76. The van der Waals surface area contributed by atoms with Crippen molar-refractivity contribution in [2.75, 3.05) is 18.1 Å². The van der Waals surface area contributed by atoms with Gasteiger partial charge in [-0.1, -0.05) is 42.2 Å². The van der Waals surface area contributed by atoms with E-state index in [9.17, 15) is 4.79 Å². The van der Waals surface area contributed by atoms with Crippen LogP contribution in [0.15, 0.2) is 51.8 Å². The molecular weight excluding hydrogens is 446 g/mol. The van der Waals surface area contributed by atoms with Crippen molar-refractivity contribution in [1.82, 2.24) is 0 Å². The predicted octanol–water partition coefficient (Wildman–Crippen LogP) is 5.65. The van der Waals surface area contributed by atoms with E-state index in [2.05, 4.69) is 15.9 Å². The lowest BCUT2D eigenvalue weighted by Gasteiger charge is -2.14. The highest BCUT2D eigenvalue weighted by molar-refractivity contribution is 9.10. The summed E-state index contributed by atoms with van der Waals surface area (Å²) in [6.45, 7) is 4.91. The lowest BCUT2D eigenvalue weighted by atomic mass is 10.1. The molecule has 2 aromatic carbocycles. The molecule has 1 heterocycles. The molecule has 0 radical (unpaired) electrons. The van der Waals surface area contributed by atoms with Crippen molar-refractivity contribution in [3.63, 3.8) is 0 Å². The SMILES string of the molecule is CCOc1cc(OCC)c(/C=C2/SC(=S)N(c3ccccc3)C2=O)cc1Br. The van der Waals surface area contributed by atoms with Gasteiger partial charge in [-0.15, -0.1) is 0 Å². The summed E-state index contributed by atoms with van der Waals surface area (Å²) >= 11 is 10.2. The van der Waals surface area contributed by atoms with E-state index in [1.807, 2.05) is 62.4 Å². The number of hydrogen-bond acceptors (Lipinski definition) is 5. The van der Waals surface area contributed by atoms with Crippen molar-refractivity contribution in [2.45, 2.75) is 13.8 Å². The second kappa shape index (κ2) is 8.91. The van der Waals surface area contributed by atoms with Crippen molar-refractivity contribution in [2.24, 2.45) is 0 Å². The molecule has 4 nitrogen and oxygen atoms in total. The monoisotopic (exact) mass is 463 g/mol. The van der Waals surface area contributed by atoms with Gasteiger partial charge in [0.05, 0.1) is 28.3 Å². The first-order valence-electron chi connectivity index (χ1n) is 8.47. The highest BCUT2D eigenvalue weighted by Gasteiger charge is 2.33. The summed E-state index contributed by atoms with van der Waals surface area (Å²) in [6.07, 6.45) is 1.81. The van der Waals surface area contributed by atoms with Crippen molar-refractivity contribution in [3.8, 4) is 11.5 Å². The highest BCUT2D eigenvalue weighted by Crippen LogP contribution is 2.39. The number of anilines is 1. The molecule has 3 rings (SSSR count). The minimum atomic E-state index is -0.136.